The molecule has 0 aliphatic carbocycles. The Balaban J connectivity index is 1.86. The molecular formula is C17H16N4O3. The van der Waals surface area contributed by atoms with Crippen LogP contribution in [-0.4, -0.2) is 21.0 Å². The van der Waals surface area contributed by atoms with Crippen molar-refractivity contribution in [3.8, 4) is 0 Å². The maximum absolute atomic E-state index is 12.1. The maximum Gasteiger partial charge on any atom is 0.337 e. The molecule has 7 nitrogen and oxygen atoms in total. The molecule has 0 fully saturated rings. The van der Waals surface area contributed by atoms with Gasteiger partial charge in [-0.1, -0.05) is 11.6 Å². The topological polar surface area (TPSA) is 121 Å². The fraction of sp³-hybridized carbons (Fsp3) is 0.118. The number of benzene rings is 1. The molecule has 5 N–H and O–H groups in total. The molecule has 0 spiro atoms. The van der Waals surface area contributed by atoms with Crippen molar-refractivity contribution in [2.45, 2.75) is 13.5 Å². The number of anilines is 2. The first-order valence-electron chi connectivity index (χ1n) is 7.29. The van der Waals surface area contributed by atoms with E-state index >= 15 is 0 Å². The summed E-state index contributed by atoms with van der Waals surface area (Å²) in [6.07, 6.45) is 1.22. The largest absolute Gasteiger partial charge is 0.478 e. The Labute approximate surface area is 137 Å². The van der Waals surface area contributed by atoms with E-state index < -0.39 is 5.97 Å². The minimum absolute atomic E-state index is 0.0112. The number of nitrogen functional groups attached to an aromatic ring is 1. The van der Waals surface area contributed by atoms with Gasteiger partial charge in [-0.05, 0) is 36.6 Å². The molecule has 24 heavy (non-hydrogen) atoms. The summed E-state index contributed by atoms with van der Waals surface area (Å²) in [6.45, 7) is 2.21. The zero-order chi connectivity index (χ0) is 17.3. The Morgan fingerprint density at radius 2 is 2.12 bits per heavy atom. The predicted octanol–water partition coefficient (Wildman–Crippen LogP) is 2.12. The Hall–Kier alpha value is -3.35. The average molecular weight is 324 g/mol. The molecular weight excluding hydrogens is 308 g/mol. The number of hydrogen-bond donors (Lipinski definition) is 4. The lowest BCUT2D eigenvalue weighted by atomic mass is 10.1. The molecule has 0 atom stereocenters. The third-order valence-corrected chi connectivity index (χ3v) is 3.69. The third-order valence-electron chi connectivity index (χ3n) is 3.69. The monoisotopic (exact) mass is 324 g/mol. The Bertz CT molecular complexity index is 995. The van der Waals surface area contributed by atoms with Gasteiger partial charge in [-0.25, -0.2) is 9.78 Å². The van der Waals surface area contributed by atoms with Crippen LogP contribution in [-0.2, 0) is 6.54 Å². The number of pyridine rings is 2. The number of carboxylic acids is 1. The van der Waals surface area contributed by atoms with Gasteiger partial charge in [-0.2, -0.15) is 0 Å². The zero-order valence-electron chi connectivity index (χ0n) is 13.0. The molecule has 0 saturated heterocycles. The van der Waals surface area contributed by atoms with Crippen molar-refractivity contribution in [1.82, 2.24) is 9.97 Å². The summed E-state index contributed by atoms with van der Waals surface area (Å²) in [5.74, 6) is -0.758. The highest BCUT2D eigenvalue weighted by atomic mass is 16.4. The number of aromatic nitrogens is 2. The summed E-state index contributed by atoms with van der Waals surface area (Å²) < 4.78 is 0. The van der Waals surface area contributed by atoms with Gasteiger partial charge in [0.2, 0.25) is 0 Å². The quantitative estimate of drug-likeness (QED) is 0.583. The summed E-state index contributed by atoms with van der Waals surface area (Å²) in [5.41, 5.74) is 8.24. The Morgan fingerprint density at radius 3 is 2.83 bits per heavy atom. The van der Waals surface area contributed by atoms with Gasteiger partial charge in [0, 0.05) is 23.8 Å². The van der Waals surface area contributed by atoms with E-state index in [-0.39, 0.29) is 23.4 Å². The van der Waals surface area contributed by atoms with Crippen molar-refractivity contribution < 1.29 is 9.90 Å². The minimum Gasteiger partial charge on any atom is -0.478 e. The Morgan fingerprint density at radius 1 is 1.33 bits per heavy atom. The number of aromatic amines is 1. The molecule has 0 unspecified atom stereocenters. The molecule has 7 heteroatoms. The molecule has 3 rings (SSSR count). The first kappa shape index (κ1) is 15.5. The standard InChI is InChI=1S/C17H16N4O3/c1-9-2-3-14-10(4-9)5-11(16(22)21-14)7-19-15-13(18)6-12(8-20-15)17(23)24/h2-6,8H,7,18H2,1H3,(H,19,20)(H,21,22)(H,23,24). The first-order valence-corrected chi connectivity index (χ1v) is 7.29. The van der Waals surface area contributed by atoms with Crippen molar-refractivity contribution >= 4 is 28.4 Å². The van der Waals surface area contributed by atoms with Gasteiger partial charge < -0.3 is 21.1 Å². The van der Waals surface area contributed by atoms with Crippen LogP contribution in [0, 0.1) is 6.92 Å². The van der Waals surface area contributed by atoms with Crippen molar-refractivity contribution in [3.63, 3.8) is 0 Å². The molecule has 0 saturated carbocycles. The lowest BCUT2D eigenvalue weighted by molar-refractivity contribution is 0.0696. The molecule has 1 aromatic carbocycles. The highest BCUT2D eigenvalue weighted by Crippen LogP contribution is 2.18. The second-order valence-electron chi connectivity index (χ2n) is 5.53. The van der Waals surface area contributed by atoms with Crippen LogP contribution in [0.2, 0.25) is 0 Å². The summed E-state index contributed by atoms with van der Waals surface area (Å²) in [7, 11) is 0. The summed E-state index contributed by atoms with van der Waals surface area (Å²) in [4.78, 5) is 29.8. The fourth-order valence-corrected chi connectivity index (χ4v) is 2.43. The number of nitrogens with zero attached hydrogens (tertiary/aromatic N) is 1. The molecule has 3 aromatic rings. The highest BCUT2D eigenvalue weighted by molar-refractivity contribution is 5.89. The fourth-order valence-electron chi connectivity index (χ4n) is 2.43. The number of hydrogen-bond acceptors (Lipinski definition) is 5. The van der Waals surface area contributed by atoms with Gasteiger partial charge in [0.25, 0.3) is 5.56 Å². The molecule has 0 aliphatic rings. The molecule has 0 aliphatic heterocycles. The number of carbonyl (C=O) groups is 1. The first-order chi connectivity index (χ1) is 11.4. The average Bonchev–Trinajstić information content (AvgIpc) is 2.54. The van der Waals surface area contributed by atoms with Gasteiger partial charge in [0.1, 0.15) is 5.82 Å². The van der Waals surface area contributed by atoms with Crippen molar-refractivity contribution in [3.05, 3.63) is 63.6 Å². The number of carboxylic acid groups (broad SMARTS) is 1. The number of aryl methyl sites for hydroxylation is 1. The van der Waals surface area contributed by atoms with E-state index in [0.717, 1.165) is 16.5 Å². The van der Waals surface area contributed by atoms with E-state index in [1.165, 1.54) is 12.3 Å². The van der Waals surface area contributed by atoms with Crippen LogP contribution in [0.15, 0.2) is 41.3 Å². The van der Waals surface area contributed by atoms with E-state index in [4.69, 9.17) is 10.8 Å². The van der Waals surface area contributed by atoms with E-state index in [1.54, 1.807) is 0 Å². The molecule has 0 bridgehead atoms. The second-order valence-corrected chi connectivity index (χ2v) is 5.53. The molecule has 0 radical (unpaired) electrons. The zero-order valence-corrected chi connectivity index (χ0v) is 13.0. The number of H-pyrrole nitrogens is 1. The van der Waals surface area contributed by atoms with E-state index in [1.807, 2.05) is 31.2 Å². The predicted molar refractivity (Wildman–Crippen MR) is 92.2 cm³/mol. The molecule has 122 valence electrons. The van der Waals surface area contributed by atoms with Crippen LogP contribution in [0.25, 0.3) is 10.9 Å². The lowest BCUT2D eigenvalue weighted by Gasteiger charge is -2.09. The number of aromatic carboxylic acids is 1. The van der Waals surface area contributed by atoms with Crippen LogP contribution < -0.4 is 16.6 Å². The summed E-state index contributed by atoms with van der Waals surface area (Å²) >= 11 is 0. The van der Waals surface area contributed by atoms with E-state index in [9.17, 15) is 9.59 Å². The van der Waals surface area contributed by atoms with Crippen LogP contribution in [0.4, 0.5) is 11.5 Å². The number of nitrogens with one attached hydrogen (secondary N) is 2. The van der Waals surface area contributed by atoms with Gasteiger partial charge in [-0.15, -0.1) is 0 Å². The maximum atomic E-state index is 12.1. The van der Waals surface area contributed by atoms with Gasteiger partial charge in [0.15, 0.2) is 0 Å². The molecule has 2 aromatic heterocycles. The van der Waals surface area contributed by atoms with Crippen LogP contribution in [0.5, 0.6) is 0 Å². The van der Waals surface area contributed by atoms with Gasteiger partial charge in [0.05, 0.1) is 11.3 Å². The molecule has 2 heterocycles. The van der Waals surface area contributed by atoms with Crippen LogP contribution in [0.3, 0.4) is 0 Å². The number of rotatable bonds is 4. The van der Waals surface area contributed by atoms with Crippen molar-refractivity contribution in [1.29, 1.82) is 0 Å². The van der Waals surface area contributed by atoms with Gasteiger partial charge in [-0.3, -0.25) is 4.79 Å². The number of nitrogens with two attached hydrogens (primary N) is 1. The van der Waals surface area contributed by atoms with E-state index in [0.29, 0.717) is 11.4 Å². The van der Waals surface area contributed by atoms with Gasteiger partial charge >= 0.3 is 5.97 Å². The summed E-state index contributed by atoms with van der Waals surface area (Å²) in [5, 5.41) is 12.8. The van der Waals surface area contributed by atoms with Crippen molar-refractivity contribution in [2.75, 3.05) is 11.1 Å². The smallest absolute Gasteiger partial charge is 0.337 e. The van der Waals surface area contributed by atoms with E-state index in [2.05, 4.69) is 15.3 Å². The summed E-state index contributed by atoms with van der Waals surface area (Å²) in [6, 6.07) is 8.93. The SMILES string of the molecule is Cc1ccc2[nH]c(=O)c(CNc3ncc(C(=O)O)cc3N)cc2c1. The minimum atomic E-state index is -1.10. The van der Waals surface area contributed by atoms with Crippen molar-refractivity contribution in [2.24, 2.45) is 0 Å². The van der Waals surface area contributed by atoms with Crippen LogP contribution in [0.1, 0.15) is 21.5 Å². The normalized spacial score (nSPS) is 10.7. The second kappa shape index (κ2) is 6.04. The van der Waals surface area contributed by atoms with Crippen LogP contribution >= 0.6 is 0 Å². The highest BCUT2D eigenvalue weighted by Gasteiger charge is 2.09. The Kier molecular flexibility index (Phi) is 3.91. The third kappa shape index (κ3) is 3.05. The number of fused-ring (bicyclic) bond motifs is 1. The molecule has 0 amide bonds. The lowest BCUT2D eigenvalue weighted by Crippen LogP contribution is -2.16.